The predicted molar refractivity (Wildman–Crippen MR) is 221 cm³/mol. The Morgan fingerprint density at radius 3 is 2.39 bits per heavy atom. The number of nitrogens with zero attached hydrogens (tertiary/aromatic N) is 4. The van der Waals surface area contributed by atoms with E-state index in [0.29, 0.717) is 25.9 Å². The number of methoxy groups -OCH3 is 1. The second-order valence-corrected chi connectivity index (χ2v) is 17.9. The van der Waals surface area contributed by atoms with E-state index in [4.69, 9.17) is 29.4 Å². The minimum Gasteiger partial charge on any atom is -0.456 e. The van der Waals surface area contributed by atoms with Crippen LogP contribution >= 0.6 is 0 Å². The average molecular weight is 830 g/mol. The van der Waals surface area contributed by atoms with Crippen LogP contribution in [0.25, 0.3) is 10.9 Å². The molecule has 3 saturated heterocycles. The number of aliphatic hydroxyl groups excluding tert-OH is 1. The molecule has 5 rings (SSSR count). The molecular formula is C44H68FN5O9. The highest BCUT2D eigenvalue weighted by Crippen LogP contribution is 2.44. The number of ketones is 1. The van der Waals surface area contributed by atoms with Gasteiger partial charge in [0.15, 0.2) is 17.7 Å². The number of alkyl halides is 1. The van der Waals surface area contributed by atoms with Gasteiger partial charge in [-0.3, -0.25) is 9.78 Å². The number of benzene rings is 1. The monoisotopic (exact) mass is 830 g/mol. The van der Waals surface area contributed by atoms with E-state index < -0.39 is 83.2 Å². The number of likely N-dealkylation sites (N-methyl/N-ethyl adjacent to an activating group) is 1. The van der Waals surface area contributed by atoms with Gasteiger partial charge in [-0.25, -0.2) is 24.0 Å². The molecule has 2 unspecified atom stereocenters. The number of aromatic nitrogens is 1. The van der Waals surface area contributed by atoms with Crippen molar-refractivity contribution in [2.24, 2.45) is 23.5 Å². The Bertz CT molecular complexity index is 1800. The summed E-state index contributed by atoms with van der Waals surface area (Å²) < 4.78 is 47.8. The zero-order valence-electron chi connectivity index (χ0n) is 37.0. The fraction of sp³-hybridized carbons (Fsp3) is 0.727. The number of fused-ring (bicyclic) bond motifs is 2. The number of hydrogen-bond acceptors (Lipinski definition) is 13. The summed E-state index contributed by atoms with van der Waals surface area (Å²) in [5, 5.41) is 16.0. The molecule has 15 heteroatoms. The molecule has 1 aromatic carbocycles. The molecule has 14 nitrogen and oxygen atoms in total. The normalized spacial score (nSPS) is 39.0. The number of hydrazine groups is 1. The van der Waals surface area contributed by atoms with Crippen LogP contribution in [0.4, 0.5) is 9.18 Å². The first kappa shape index (κ1) is 46.8. The van der Waals surface area contributed by atoms with Crippen molar-refractivity contribution in [2.75, 3.05) is 34.3 Å². The number of aryl methyl sites for hydroxylation is 1. The lowest BCUT2D eigenvalue weighted by molar-refractivity contribution is -0.296. The van der Waals surface area contributed by atoms with Crippen LogP contribution in [0.2, 0.25) is 0 Å². The molecule has 0 radical (unpaired) electrons. The minimum atomic E-state index is -3.14. The molecule has 1 amide bonds. The molecule has 0 saturated carbocycles. The molecule has 3 aliphatic rings. The molecule has 0 aliphatic carbocycles. The van der Waals surface area contributed by atoms with Gasteiger partial charge < -0.3 is 39.4 Å². The van der Waals surface area contributed by atoms with E-state index in [1.165, 1.54) is 14.0 Å². The number of halogens is 1. The first-order valence-electron chi connectivity index (χ1n) is 21.1. The Balaban J connectivity index is 1.51. The predicted octanol–water partition coefficient (Wildman–Crippen LogP) is 5.07. The summed E-state index contributed by atoms with van der Waals surface area (Å²) in [6.45, 7) is 16.0. The number of nitrogens with two attached hydrogens (primary N) is 1. The highest BCUT2D eigenvalue weighted by Gasteiger charge is 2.62. The number of esters is 1. The lowest BCUT2D eigenvalue weighted by Gasteiger charge is -2.48. The quantitative estimate of drug-likeness (QED) is 0.241. The smallest absolute Gasteiger partial charge is 0.425 e. The molecule has 330 valence electrons. The Hall–Kier alpha value is -3.31. The average Bonchev–Trinajstić information content (AvgIpc) is 3.47. The van der Waals surface area contributed by atoms with Gasteiger partial charge in [0, 0.05) is 49.8 Å². The van der Waals surface area contributed by atoms with Crippen molar-refractivity contribution >= 4 is 28.7 Å². The summed E-state index contributed by atoms with van der Waals surface area (Å²) >= 11 is 0. The van der Waals surface area contributed by atoms with Crippen LogP contribution in [0.15, 0.2) is 36.5 Å². The second-order valence-electron chi connectivity index (χ2n) is 17.9. The molecule has 3 aliphatic heterocycles. The SMILES string of the molecule is CCN(CCCc1ccnc2ccccc12)N1C(=O)O[C@]2(C)[C@@H](C)OC(=O)C(C)(F)C(=O)[C@H](C)[C@@H](O[C@@H]3O[C@H](C)C[C@H](N(C)C)[C@H]3O)[C@@](C)(OC)C[C@@H](C)C(N)[C@H](C)[C@@H]12. The summed E-state index contributed by atoms with van der Waals surface area (Å²) in [4.78, 5) is 48.7. The van der Waals surface area contributed by atoms with E-state index in [2.05, 4.69) is 4.98 Å². The molecule has 0 spiro atoms. The topological polar surface area (TPSA) is 166 Å². The van der Waals surface area contributed by atoms with Crippen LogP contribution < -0.4 is 5.73 Å². The Kier molecular flexibility index (Phi) is 14.5. The molecule has 1 aromatic heterocycles. The highest BCUT2D eigenvalue weighted by atomic mass is 19.1. The van der Waals surface area contributed by atoms with Gasteiger partial charge in [-0.2, -0.15) is 0 Å². The van der Waals surface area contributed by atoms with Crippen molar-refractivity contribution in [2.45, 2.75) is 154 Å². The van der Waals surface area contributed by atoms with Crippen LogP contribution in [0.3, 0.4) is 0 Å². The molecule has 3 fully saturated rings. The summed E-state index contributed by atoms with van der Waals surface area (Å²) in [5.41, 5.74) is 3.30. The van der Waals surface area contributed by atoms with Gasteiger partial charge >= 0.3 is 12.1 Å². The Labute approximate surface area is 349 Å². The zero-order chi connectivity index (χ0) is 43.8. The maximum Gasteiger partial charge on any atom is 0.425 e. The number of pyridine rings is 1. The number of amides is 1. The van der Waals surface area contributed by atoms with E-state index in [1.807, 2.05) is 82.0 Å². The minimum absolute atomic E-state index is 0.214. The van der Waals surface area contributed by atoms with Crippen molar-refractivity contribution < 1.29 is 47.6 Å². The third-order valence-electron chi connectivity index (χ3n) is 13.5. The number of carbonyl (C=O) groups is 3. The molecule has 14 atom stereocenters. The van der Waals surface area contributed by atoms with Gasteiger partial charge in [0.25, 0.3) is 5.67 Å². The zero-order valence-corrected chi connectivity index (χ0v) is 37.0. The third kappa shape index (κ3) is 9.17. The van der Waals surface area contributed by atoms with Gasteiger partial charge in [0.2, 0.25) is 0 Å². The lowest BCUT2D eigenvalue weighted by Crippen LogP contribution is -2.64. The number of para-hydroxylation sites is 1. The first-order valence-corrected chi connectivity index (χ1v) is 21.1. The number of carbonyl (C=O) groups excluding carboxylic acids is 3. The number of rotatable bonds is 10. The van der Waals surface area contributed by atoms with Gasteiger partial charge in [-0.1, -0.05) is 45.9 Å². The molecule has 2 aromatic rings. The van der Waals surface area contributed by atoms with Crippen LogP contribution in [-0.2, 0) is 39.7 Å². The van der Waals surface area contributed by atoms with E-state index >= 15 is 4.39 Å². The molecule has 4 heterocycles. The van der Waals surface area contributed by atoms with Crippen molar-refractivity contribution in [1.82, 2.24) is 19.9 Å². The van der Waals surface area contributed by atoms with E-state index in [0.717, 1.165) is 29.8 Å². The molecular weight excluding hydrogens is 762 g/mol. The highest BCUT2D eigenvalue weighted by molar-refractivity contribution is 6.07. The van der Waals surface area contributed by atoms with E-state index in [-0.39, 0.29) is 24.5 Å². The van der Waals surface area contributed by atoms with Crippen LogP contribution in [0.1, 0.15) is 87.1 Å². The summed E-state index contributed by atoms with van der Waals surface area (Å²) in [6, 6.07) is 8.26. The van der Waals surface area contributed by atoms with Crippen molar-refractivity contribution in [3.05, 3.63) is 42.1 Å². The maximum atomic E-state index is 16.9. The fourth-order valence-corrected chi connectivity index (χ4v) is 9.72. The van der Waals surface area contributed by atoms with Crippen LogP contribution in [0.5, 0.6) is 0 Å². The van der Waals surface area contributed by atoms with Gasteiger partial charge in [0.05, 0.1) is 29.4 Å². The number of aliphatic hydroxyl groups is 1. The van der Waals surface area contributed by atoms with Crippen molar-refractivity contribution in [1.29, 1.82) is 0 Å². The largest absolute Gasteiger partial charge is 0.456 e. The molecule has 0 bridgehead atoms. The van der Waals surface area contributed by atoms with Crippen molar-refractivity contribution in [3.63, 3.8) is 0 Å². The summed E-state index contributed by atoms with van der Waals surface area (Å²) in [5.74, 6) is -4.64. The third-order valence-corrected chi connectivity index (χ3v) is 13.5. The first-order chi connectivity index (χ1) is 27.6. The fourth-order valence-electron chi connectivity index (χ4n) is 9.72. The summed E-state index contributed by atoms with van der Waals surface area (Å²) in [6.07, 6.45) is -1.72. The second kappa shape index (κ2) is 18.3. The van der Waals surface area contributed by atoms with Crippen LogP contribution in [0, 0.1) is 17.8 Å². The van der Waals surface area contributed by atoms with Gasteiger partial charge in [0.1, 0.15) is 12.2 Å². The number of ether oxygens (including phenoxy) is 5. The standard InChI is InChI=1S/C44H68FN5O9/c1-13-49(22-16-17-30-20-21-47-32-19-15-14-18-31(30)32)50-36-27(4)34(46)25(2)24-42(7,55-12)38(58-39-35(51)33(48(10)11)23-26(3)56-39)28(5)37(52)43(8,45)40(53)57-29(6)44(36,9)59-41(50)54/h14-15,18-21,25-29,33-36,38-39,51H,13,16-17,22-24,46H2,1-12H3/t25-,26-,27+,28+,29-,33+,34?,35-,36-,38-,39+,42+,43?,44-/m1/s1. The maximum absolute atomic E-state index is 16.9. The van der Waals surface area contributed by atoms with Gasteiger partial charge in [-0.05, 0) is 104 Å². The van der Waals surface area contributed by atoms with Gasteiger partial charge in [-0.15, -0.1) is 0 Å². The van der Waals surface area contributed by atoms with Crippen LogP contribution in [-0.4, -0.2) is 143 Å². The Morgan fingerprint density at radius 2 is 1.75 bits per heavy atom. The number of cyclic esters (lactones) is 1. The van der Waals surface area contributed by atoms with Crippen molar-refractivity contribution in [3.8, 4) is 0 Å². The number of hydrogen-bond donors (Lipinski definition) is 2. The van der Waals surface area contributed by atoms with E-state index in [9.17, 15) is 19.5 Å². The lowest BCUT2D eigenvalue weighted by atomic mass is 9.72. The molecule has 59 heavy (non-hydrogen) atoms. The number of Topliss-reactive ketones (excluding diaryl/α,β-unsaturated/α-hetero) is 1. The summed E-state index contributed by atoms with van der Waals surface area (Å²) in [7, 11) is 5.17. The Morgan fingerprint density at radius 1 is 1.07 bits per heavy atom. The molecule has 3 N–H and O–H groups in total. The van der Waals surface area contributed by atoms with E-state index in [1.54, 1.807) is 32.0 Å².